The van der Waals surface area contributed by atoms with Crippen LogP contribution in [0.25, 0.3) is 0 Å². The van der Waals surface area contributed by atoms with Crippen molar-refractivity contribution in [1.29, 1.82) is 0 Å². The van der Waals surface area contributed by atoms with Crippen LogP contribution in [0.5, 0.6) is 0 Å². The molecule has 1 aromatic carbocycles. The number of ketones is 1. The number of rotatable bonds is 4. The highest BCUT2D eigenvalue weighted by Crippen LogP contribution is 2.21. The number of nitro groups is 1. The molecule has 0 atom stereocenters. The van der Waals surface area contributed by atoms with Crippen molar-refractivity contribution < 1.29 is 9.72 Å². The minimum Gasteiger partial charge on any atom is -0.294 e. The Kier molecular flexibility index (Phi) is 3.53. The van der Waals surface area contributed by atoms with E-state index in [-0.39, 0.29) is 17.9 Å². The van der Waals surface area contributed by atoms with Gasteiger partial charge in [0.25, 0.3) is 5.69 Å². The van der Waals surface area contributed by atoms with Crippen LogP contribution in [-0.2, 0) is 6.42 Å². The molecule has 0 aliphatic carbocycles. The van der Waals surface area contributed by atoms with Crippen LogP contribution in [0.15, 0.2) is 35.0 Å². The van der Waals surface area contributed by atoms with Crippen LogP contribution in [0.4, 0.5) is 5.69 Å². The van der Waals surface area contributed by atoms with Crippen molar-refractivity contribution in [3.8, 4) is 0 Å². The van der Waals surface area contributed by atoms with Gasteiger partial charge < -0.3 is 0 Å². The fourth-order valence-electron chi connectivity index (χ4n) is 1.75. The summed E-state index contributed by atoms with van der Waals surface area (Å²) in [4.78, 5) is 22.5. The van der Waals surface area contributed by atoms with Gasteiger partial charge in [0.15, 0.2) is 5.78 Å². The zero-order chi connectivity index (χ0) is 13.1. The normalized spacial score (nSPS) is 10.3. The molecule has 0 saturated carbocycles. The van der Waals surface area contributed by atoms with Gasteiger partial charge in [0.2, 0.25) is 0 Å². The smallest absolute Gasteiger partial charge is 0.273 e. The Bertz CT molecular complexity index is 604. The number of thiophene rings is 1. The minimum absolute atomic E-state index is 0.00117. The Morgan fingerprint density at radius 1 is 1.33 bits per heavy atom. The molecular formula is C13H11NO3S. The summed E-state index contributed by atoms with van der Waals surface area (Å²) >= 11 is 1.46. The van der Waals surface area contributed by atoms with Crippen molar-refractivity contribution in [2.24, 2.45) is 0 Å². The maximum atomic E-state index is 12.1. The van der Waals surface area contributed by atoms with Crippen molar-refractivity contribution in [2.75, 3.05) is 0 Å². The van der Waals surface area contributed by atoms with Crippen LogP contribution in [0, 0.1) is 17.0 Å². The van der Waals surface area contributed by atoms with Crippen LogP contribution in [-0.4, -0.2) is 10.7 Å². The molecule has 0 amide bonds. The first kappa shape index (κ1) is 12.4. The van der Waals surface area contributed by atoms with E-state index in [1.807, 2.05) is 12.3 Å². The summed E-state index contributed by atoms with van der Waals surface area (Å²) in [5.74, 6) is -0.0805. The highest BCUT2D eigenvalue weighted by molar-refractivity contribution is 7.08. The van der Waals surface area contributed by atoms with Crippen molar-refractivity contribution in [1.82, 2.24) is 0 Å². The first-order valence-corrected chi connectivity index (χ1v) is 6.32. The van der Waals surface area contributed by atoms with Gasteiger partial charge in [-0.25, -0.2) is 0 Å². The molecule has 1 aromatic heterocycles. The van der Waals surface area contributed by atoms with Crippen LogP contribution >= 0.6 is 11.3 Å². The standard InChI is InChI=1S/C13H11NO3S/c1-9-7-18-8-11(9)13(15)6-10-4-2-3-5-12(10)14(16)17/h2-5,7-8H,6H2,1H3. The monoisotopic (exact) mass is 261 g/mol. The Labute approximate surface area is 108 Å². The van der Waals surface area contributed by atoms with Gasteiger partial charge in [-0.3, -0.25) is 14.9 Å². The first-order chi connectivity index (χ1) is 8.59. The van der Waals surface area contributed by atoms with E-state index in [0.29, 0.717) is 11.1 Å². The number of para-hydroxylation sites is 1. The SMILES string of the molecule is Cc1cscc1C(=O)Cc1ccccc1[N+](=O)[O-]. The average Bonchev–Trinajstić information content (AvgIpc) is 2.76. The van der Waals surface area contributed by atoms with E-state index in [9.17, 15) is 14.9 Å². The predicted octanol–water partition coefficient (Wildman–Crippen LogP) is 3.39. The second-order valence-corrected chi connectivity index (χ2v) is 4.70. The van der Waals surface area contributed by atoms with E-state index in [4.69, 9.17) is 0 Å². The maximum absolute atomic E-state index is 12.1. The van der Waals surface area contributed by atoms with E-state index >= 15 is 0 Å². The van der Waals surface area contributed by atoms with E-state index in [2.05, 4.69) is 0 Å². The molecule has 1 heterocycles. The number of carbonyl (C=O) groups excluding carboxylic acids is 1. The topological polar surface area (TPSA) is 60.2 Å². The van der Waals surface area contributed by atoms with Gasteiger partial charge >= 0.3 is 0 Å². The molecule has 5 heteroatoms. The third-order valence-electron chi connectivity index (χ3n) is 2.70. The highest BCUT2D eigenvalue weighted by atomic mass is 32.1. The Hall–Kier alpha value is -2.01. The van der Waals surface area contributed by atoms with E-state index < -0.39 is 4.92 Å². The van der Waals surface area contributed by atoms with E-state index in [1.165, 1.54) is 17.4 Å². The summed E-state index contributed by atoms with van der Waals surface area (Å²) in [6, 6.07) is 6.35. The average molecular weight is 261 g/mol. The number of hydrogen-bond acceptors (Lipinski definition) is 4. The molecule has 0 N–H and O–H groups in total. The van der Waals surface area contributed by atoms with Crippen LogP contribution < -0.4 is 0 Å². The number of nitrogens with zero attached hydrogens (tertiary/aromatic N) is 1. The van der Waals surface area contributed by atoms with Gasteiger partial charge in [-0.05, 0) is 17.9 Å². The van der Waals surface area contributed by atoms with E-state index in [1.54, 1.807) is 23.6 Å². The summed E-state index contributed by atoms with van der Waals surface area (Å²) in [6.07, 6.45) is 0.0642. The van der Waals surface area contributed by atoms with Crippen molar-refractivity contribution >= 4 is 22.8 Å². The Morgan fingerprint density at radius 3 is 2.67 bits per heavy atom. The molecule has 0 aliphatic rings. The lowest BCUT2D eigenvalue weighted by Gasteiger charge is -2.02. The molecule has 18 heavy (non-hydrogen) atoms. The van der Waals surface area contributed by atoms with Crippen molar-refractivity contribution in [2.45, 2.75) is 13.3 Å². The summed E-state index contributed by atoms with van der Waals surface area (Å²) in [6.45, 7) is 1.86. The number of nitro benzene ring substituents is 1. The van der Waals surface area contributed by atoms with Crippen molar-refractivity contribution in [3.63, 3.8) is 0 Å². The number of hydrogen-bond donors (Lipinski definition) is 0. The largest absolute Gasteiger partial charge is 0.294 e. The van der Waals surface area contributed by atoms with Gasteiger partial charge in [-0.15, -0.1) is 0 Å². The molecule has 0 radical (unpaired) electrons. The van der Waals surface area contributed by atoms with Gasteiger partial charge in [0.1, 0.15) is 0 Å². The fourth-order valence-corrected chi connectivity index (χ4v) is 2.61. The Balaban J connectivity index is 2.28. The number of carbonyl (C=O) groups is 1. The third kappa shape index (κ3) is 2.46. The van der Waals surface area contributed by atoms with Crippen molar-refractivity contribution in [3.05, 3.63) is 61.8 Å². The predicted molar refractivity (Wildman–Crippen MR) is 70.2 cm³/mol. The lowest BCUT2D eigenvalue weighted by molar-refractivity contribution is -0.385. The van der Waals surface area contributed by atoms with Gasteiger partial charge in [0.05, 0.1) is 4.92 Å². The molecule has 2 aromatic rings. The number of aryl methyl sites for hydroxylation is 1. The second-order valence-electron chi connectivity index (χ2n) is 3.95. The summed E-state index contributed by atoms with van der Waals surface area (Å²) in [7, 11) is 0. The summed E-state index contributed by atoms with van der Waals surface area (Å²) in [5.41, 5.74) is 2.03. The highest BCUT2D eigenvalue weighted by Gasteiger charge is 2.17. The summed E-state index contributed by atoms with van der Waals surface area (Å²) in [5, 5.41) is 14.5. The molecule has 0 spiro atoms. The Morgan fingerprint density at radius 2 is 2.06 bits per heavy atom. The molecule has 0 bridgehead atoms. The fraction of sp³-hybridized carbons (Fsp3) is 0.154. The van der Waals surface area contributed by atoms with Crippen LogP contribution in [0.3, 0.4) is 0 Å². The first-order valence-electron chi connectivity index (χ1n) is 5.38. The zero-order valence-electron chi connectivity index (χ0n) is 9.75. The van der Waals surface area contributed by atoms with Gasteiger partial charge in [-0.1, -0.05) is 18.2 Å². The molecule has 2 rings (SSSR count). The molecule has 92 valence electrons. The molecule has 4 nitrogen and oxygen atoms in total. The van der Waals surface area contributed by atoms with Crippen LogP contribution in [0.1, 0.15) is 21.5 Å². The van der Waals surface area contributed by atoms with Crippen LogP contribution in [0.2, 0.25) is 0 Å². The number of Topliss-reactive ketones (excluding diaryl/α,β-unsaturated/α-hetero) is 1. The number of benzene rings is 1. The lowest BCUT2D eigenvalue weighted by Crippen LogP contribution is -2.06. The summed E-state index contributed by atoms with van der Waals surface area (Å²) < 4.78 is 0. The molecular weight excluding hydrogens is 250 g/mol. The molecule has 0 saturated heterocycles. The minimum atomic E-state index is -0.455. The lowest BCUT2D eigenvalue weighted by atomic mass is 10.0. The zero-order valence-corrected chi connectivity index (χ0v) is 10.6. The van der Waals surface area contributed by atoms with E-state index in [0.717, 1.165) is 5.56 Å². The maximum Gasteiger partial charge on any atom is 0.273 e. The molecule has 0 unspecified atom stereocenters. The second kappa shape index (κ2) is 5.10. The molecule has 0 fully saturated rings. The van der Waals surface area contributed by atoms with Gasteiger partial charge in [-0.2, -0.15) is 11.3 Å². The quantitative estimate of drug-likeness (QED) is 0.481. The van der Waals surface area contributed by atoms with Gasteiger partial charge in [0, 0.05) is 29.0 Å². The third-order valence-corrected chi connectivity index (χ3v) is 3.56. The molecule has 0 aliphatic heterocycles.